The standard InChI is InChI=1S/C28H32N6O3/c1-5-28(3,4)30-27(36)26(20-12-11-17-29-18-20)34(23-15-9-10-16-24(23)37-6-2)25(35)19-33-22-14-8-7-13-21(22)31-32-33/h7-18,26H,5-6,19H2,1-4H3,(H,30,36)/t26-/m1/s1. The first kappa shape index (κ1) is 25.8. The second kappa shape index (κ2) is 11.2. The van der Waals surface area contributed by atoms with E-state index in [0.29, 0.717) is 35.5 Å². The molecule has 2 heterocycles. The zero-order chi connectivity index (χ0) is 26.4. The van der Waals surface area contributed by atoms with Crippen molar-refractivity contribution in [1.82, 2.24) is 25.3 Å². The molecule has 37 heavy (non-hydrogen) atoms. The SMILES string of the molecule is CCOc1ccccc1N(C(=O)Cn1nnc2ccccc21)[C@@H](C(=O)NC(C)(C)CC)c1cccnc1. The van der Waals surface area contributed by atoms with Gasteiger partial charge in [-0.15, -0.1) is 5.10 Å². The van der Waals surface area contributed by atoms with Gasteiger partial charge in [0.15, 0.2) is 0 Å². The number of carbonyl (C=O) groups excluding carboxylic acids is 2. The van der Waals surface area contributed by atoms with Crippen LogP contribution in [-0.4, -0.2) is 43.9 Å². The molecule has 0 saturated carbocycles. The average Bonchev–Trinajstić information content (AvgIpc) is 3.30. The van der Waals surface area contributed by atoms with Crippen molar-refractivity contribution < 1.29 is 14.3 Å². The highest BCUT2D eigenvalue weighted by atomic mass is 16.5. The first-order chi connectivity index (χ1) is 17.8. The summed E-state index contributed by atoms with van der Waals surface area (Å²) in [7, 11) is 0. The van der Waals surface area contributed by atoms with E-state index in [1.807, 2.05) is 64.1 Å². The van der Waals surface area contributed by atoms with Crippen molar-refractivity contribution in [2.24, 2.45) is 0 Å². The third-order valence-corrected chi connectivity index (χ3v) is 6.25. The Hall–Kier alpha value is -4.27. The molecule has 0 saturated heterocycles. The van der Waals surface area contributed by atoms with Gasteiger partial charge in [-0.3, -0.25) is 19.5 Å². The van der Waals surface area contributed by atoms with Crippen LogP contribution in [0.2, 0.25) is 0 Å². The molecule has 9 nitrogen and oxygen atoms in total. The molecule has 0 spiro atoms. The Morgan fingerprint density at radius 2 is 1.81 bits per heavy atom. The Morgan fingerprint density at radius 3 is 2.54 bits per heavy atom. The highest BCUT2D eigenvalue weighted by molar-refractivity contribution is 6.02. The maximum Gasteiger partial charge on any atom is 0.249 e. The van der Waals surface area contributed by atoms with Crippen LogP contribution in [-0.2, 0) is 16.1 Å². The summed E-state index contributed by atoms with van der Waals surface area (Å²) in [6.07, 6.45) is 3.96. The fourth-order valence-corrected chi connectivity index (χ4v) is 4.04. The molecule has 2 amide bonds. The van der Waals surface area contributed by atoms with Crippen molar-refractivity contribution >= 4 is 28.5 Å². The van der Waals surface area contributed by atoms with Crippen LogP contribution in [0, 0.1) is 0 Å². The van der Waals surface area contributed by atoms with Crippen LogP contribution in [0.1, 0.15) is 45.7 Å². The number of nitrogens with zero attached hydrogens (tertiary/aromatic N) is 5. The van der Waals surface area contributed by atoms with Gasteiger partial charge in [0.1, 0.15) is 23.9 Å². The molecule has 0 bridgehead atoms. The Labute approximate surface area is 216 Å². The van der Waals surface area contributed by atoms with E-state index < -0.39 is 11.6 Å². The van der Waals surface area contributed by atoms with Crippen LogP contribution in [0.15, 0.2) is 73.1 Å². The number of benzene rings is 2. The number of hydrogen-bond donors (Lipinski definition) is 1. The summed E-state index contributed by atoms with van der Waals surface area (Å²) in [5.41, 5.74) is 1.99. The molecule has 2 aromatic carbocycles. The van der Waals surface area contributed by atoms with Gasteiger partial charge in [-0.05, 0) is 57.5 Å². The van der Waals surface area contributed by atoms with Gasteiger partial charge in [-0.1, -0.05) is 42.5 Å². The molecule has 4 rings (SSSR count). The Balaban J connectivity index is 1.85. The maximum absolute atomic E-state index is 14.1. The van der Waals surface area contributed by atoms with E-state index in [4.69, 9.17) is 4.74 Å². The molecule has 0 aliphatic carbocycles. The van der Waals surface area contributed by atoms with Gasteiger partial charge < -0.3 is 10.1 Å². The molecule has 0 unspecified atom stereocenters. The molecular formula is C28H32N6O3. The average molecular weight is 501 g/mol. The van der Waals surface area contributed by atoms with E-state index in [0.717, 1.165) is 5.52 Å². The zero-order valence-electron chi connectivity index (χ0n) is 21.6. The van der Waals surface area contributed by atoms with Gasteiger partial charge in [0.05, 0.1) is 17.8 Å². The number of hydrogen-bond acceptors (Lipinski definition) is 6. The smallest absolute Gasteiger partial charge is 0.249 e. The lowest BCUT2D eigenvalue weighted by atomic mass is 9.99. The summed E-state index contributed by atoms with van der Waals surface area (Å²) in [6, 6.07) is 17.2. The normalized spacial score (nSPS) is 12.2. The number of fused-ring (bicyclic) bond motifs is 1. The molecule has 9 heteroatoms. The van der Waals surface area contributed by atoms with Crippen LogP contribution < -0.4 is 15.0 Å². The molecular weight excluding hydrogens is 468 g/mol. The van der Waals surface area contributed by atoms with E-state index >= 15 is 0 Å². The minimum absolute atomic E-state index is 0.123. The van der Waals surface area contributed by atoms with Gasteiger partial charge in [0.2, 0.25) is 11.8 Å². The molecule has 0 aliphatic rings. The fraction of sp³-hybridized carbons (Fsp3) is 0.321. The third-order valence-electron chi connectivity index (χ3n) is 6.25. The lowest BCUT2D eigenvalue weighted by Crippen LogP contribution is -2.51. The molecule has 192 valence electrons. The van der Waals surface area contributed by atoms with Crippen molar-refractivity contribution in [2.45, 2.75) is 52.2 Å². The zero-order valence-corrected chi connectivity index (χ0v) is 21.6. The number of pyridine rings is 1. The monoisotopic (exact) mass is 500 g/mol. The van der Waals surface area contributed by atoms with Crippen LogP contribution in [0.25, 0.3) is 11.0 Å². The molecule has 0 fully saturated rings. The maximum atomic E-state index is 14.1. The number of ether oxygens (including phenoxy) is 1. The molecule has 0 aliphatic heterocycles. The Morgan fingerprint density at radius 1 is 1.05 bits per heavy atom. The minimum atomic E-state index is -0.997. The topological polar surface area (TPSA) is 102 Å². The number of carbonyl (C=O) groups is 2. The molecule has 1 N–H and O–H groups in total. The highest BCUT2D eigenvalue weighted by Gasteiger charge is 2.36. The summed E-state index contributed by atoms with van der Waals surface area (Å²) >= 11 is 0. The van der Waals surface area contributed by atoms with Crippen molar-refractivity contribution in [2.75, 3.05) is 11.5 Å². The van der Waals surface area contributed by atoms with Crippen LogP contribution in [0.4, 0.5) is 5.69 Å². The minimum Gasteiger partial charge on any atom is -0.492 e. The second-order valence-electron chi connectivity index (χ2n) is 9.32. The Kier molecular flexibility index (Phi) is 7.81. The van der Waals surface area contributed by atoms with Crippen molar-refractivity contribution in [3.05, 3.63) is 78.6 Å². The Bertz CT molecular complexity index is 1370. The van der Waals surface area contributed by atoms with Crippen LogP contribution in [0.3, 0.4) is 0 Å². The quantitative estimate of drug-likeness (QED) is 0.348. The van der Waals surface area contributed by atoms with Crippen LogP contribution >= 0.6 is 0 Å². The van der Waals surface area contributed by atoms with E-state index in [9.17, 15) is 9.59 Å². The number of rotatable bonds is 10. The van der Waals surface area contributed by atoms with Gasteiger partial charge >= 0.3 is 0 Å². The molecule has 2 aromatic heterocycles. The van der Waals surface area contributed by atoms with Gasteiger partial charge in [-0.2, -0.15) is 0 Å². The van der Waals surface area contributed by atoms with Crippen LogP contribution in [0.5, 0.6) is 5.75 Å². The highest BCUT2D eigenvalue weighted by Crippen LogP contribution is 2.35. The summed E-state index contributed by atoms with van der Waals surface area (Å²) in [4.78, 5) is 33.8. The van der Waals surface area contributed by atoms with E-state index in [2.05, 4.69) is 20.6 Å². The number of amides is 2. The number of nitrogens with one attached hydrogen (secondary N) is 1. The second-order valence-corrected chi connectivity index (χ2v) is 9.32. The van der Waals surface area contributed by atoms with Gasteiger partial charge in [-0.25, -0.2) is 4.68 Å². The van der Waals surface area contributed by atoms with Crippen molar-refractivity contribution in [1.29, 1.82) is 0 Å². The predicted molar refractivity (Wildman–Crippen MR) is 142 cm³/mol. The summed E-state index contributed by atoms with van der Waals surface area (Å²) < 4.78 is 7.43. The first-order valence-corrected chi connectivity index (χ1v) is 12.4. The van der Waals surface area contributed by atoms with Crippen molar-refractivity contribution in [3.8, 4) is 5.75 Å². The van der Waals surface area contributed by atoms with E-state index in [1.165, 1.54) is 4.90 Å². The predicted octanol–water partition coefficient (Wildman–Crippen LogP) is 4.30. The number of anilines is 1. The fourth-order valence-electron chi connectivity index (χ4n) is 4.04. The number of aromatic nitrogens is 4. The largest absolute Gasteiger partial charge is 0.492 e. The lowest BCUT2D eigenvalue weighted by Gasteiger charge is -2.35. The van der Waals surface area contributed by atoms with Gasteiger partial charge in [0.25, 0.3) is 0 Å². The van der Waals surface area contributed by atoms with E-state index in [-0.39, 0.29) is 18.4 Å². The summed E-state index contributed by atoms with van der Waals surface area (Å²) in [5, 5.41) is 11.5. The molecule has 0 radical (unpaired) electrons. The summed E-state index contributed by atoms with van der Waals surface area (Å²) in [5.74, 6) is -0.165. The number of para-hydroxylation sites is 3. The molecule has 1 atom stereocenters. The lowest BCUT2D eigenvalue weighted by molar-refractivity contribution is -0.128. The van der Waals surface area contributed by atoms with Crippen molar-refractivity contribution in [3.63, 3.8) is 0 Å². The third kappa shape index (κ3) is 5.77. The summed E-state index contributed by atoms with van der Waals surface area (Å²) in [6.45, 7) is 8.06. The first-order valence-electron chi connectivity index (χ1n) is 12.4. The van der Waals surface area contributed by atoms with E-state index in [1.54, 1.807) is 41.3 Å². The van der Waals surface area contributed by atoms with Gasteiger partial charge in [0, 0.05) is 23.5 Å². The molecule has 4 aromatic rings.